The average molecular weight is 331 g/mol. The van der Waals surface area contributed by atoms with Gasteiger partial charge >= 0.3 is 0 Å². The molecule has 24 heavy (non-hydrogen) atoms. The van der Waals surface area contributed by atoms with Crippen molar-refractivity contribution in [3.8, 4) is 0 Å². The fourth-order valence-corrected chi connectivity index (χ4v) is 3.25. The van der Waals surface area contributed by atoms with Crippen LogP contribution in [0, 0.1) is 5.92 Å². The van der Waals surface area contributed by atoms with Crippen molar-refractivity contribution in [2.24, 2.45) is 5.92 Å². The number of aromatic amines is 1. The van der Waals surface area contributed by atoms with Gasteiger partial charge in [0.05, 0.1) is 12.0 Å². The number of fused-ring (bicyclic) bond motifs is 1. The zero-order valence-electron chi connectivity index (χ0n) is 13.9. The number of aromatic nitrogens is 2. The molecule has 1 aliphatic carbocycles. The highest BCUT2D eigenvalue weighted by Crippen LogP contribution is 2.22. The van der Waals surface area contributed by atoms with Crippen LogP contribution >= 0.6 is 0 Å². The normalized spacial score (nSPS) is 15.0. The fourth-order valence-electron chi connectivity index (χ4n) is 3.25. The predicted molar refractivity (Wildman–Crippen MR) is 89.5 cm³/mol. The van der Waals surface area contributed by atoms with Crippen LogP contribution in [0.5, 0.6) is 0 Å². The van der Waals surface area contributed by atoms with E-state index in [0.717, 1.165) is 24.3 Å². The molecule has 0 aromatic carbocycles. The summed E-state index contributed by atoms with van der Waals surface area (Å²) in [5.74, 6) is 0.796. The summed E-state index contributed by atoms with van der Waals surface area (Å²) in [4.78, 5) is 12.1. The van der Waals surface area contributed by atoms with Gasteiger partial charge in [-0.3, -0.25) is 9.89 Å². The van der Waals surface area contributed by atoms with Crippen LogP contribution in [0.4, 0.5) is 0 Å². The highest BCUT2D eigenvalue weighted by atomic mass is 16.3. The number of furan rings is 1. The summed E-state index contributed by atoms with van der Waals surface area (Å²) >= 11 is 0. The van der Waals surface area contributed by atoms with Crippen LogP contribution in [0.15, 0.2) is 22.8 Å². The molecule has 1 unspecified atom stereocenters. The molecule has 6 nitrogen and oxygen atoms in total. The van der Waals surface area contributed by atoms with E-state index in [1.165, 1.54) is 24.1 Å². The van der Waals surface area contributed by atoms with Gasteiger partial charge in [-0.25, -0.2) is 0 Å². The van der Waals surface area contributed by atoms with Crippen LogP contribution < -0.4 is 5.32 Å². The molecule has 1 amide bonds. The Balaban J connectivity index is 1.43. The topological polar surface area (TPSA) is 91.2 Å². The van der Waals surface area contributed by atoms with Crippen molar-refractivity contribution < 1.29 is 14.3 Å². The Labute approximate surface area is 141 Å². The number of aliphatic hydroxyl groups is 1. The third-order valence-electron chi connectivity index (χ3n) is 4.65. The van der Waals surface area contributed by atoms with E-state index in [-0.39, 0.29) is 18.4 Å². The van der Waals surface area contributed by atoms with E-state index in [9.17, 15) is 9.90 Å². The predicted octanol–water partition coefficient (Wildman–Crippen LogP) is 1.78. The van der Waals surface area contributed by atoms with E-state index in [4.69, 9.17) is 4.42 Å². The van der Waals surface area contributed by atoms with E-state index in [2.05, 4.69) is 15.5 Å². The number of carbonyl (C=O) groups excluding carboxylic acids is 1. The number of rotatable bonds is 8. The molecule has 0 saturated heterocycles. The molecule has 1 atom stereocenters. The summed E-state index contributed by atoms with van der Waals surface area (Å²) in [5, 5.41) is 19.8. The third-order valence-corrected chi connectivity index (χ3v) is 4.65. The lowest BCUT2D eigenvalue weighted by molar-refractivity contribution is -0.121. The second-order valence-electron chi connectivity index (χ2n) is 6.47. The van der Waals surface area contributed by atoms with Crippen LogP contribution in [-0.4, -0.2) is 34.4 Å². The zero-order chi connectivity index (χ0) is 16.8. The molecule has 1 aliphatic rings. The first-order chi connectivity index (χ1) is 11.8. The molecule has 3 N–H and O–H groups in total. The first-order valence-corrected chi connectivity index (χ1v) is 8.71. The van der Waals surface area contributed by atoms with Crippen molar-refractivity contribution in [1.29, 1.82) is 0 Å². The largest absolute Gasteiger partial charge is 0.469 e. The minimum atomic E-state index is -0.0294. The van der Waals surface area contributed by atoms with Gasteiger partial charge < -0.3 is 14.8 Å². The number of H-pyrrole nitrogens is 1. The second-order valence-corrected chi connectivity index (χ2v) is 6.47. The number of carbonyl (C=O) groups is 1. The summed E-state index contributed by atoms with van der Waals surface area (Å²) in [6, 6.07) is 3.71. The molecule has 0 fully saturated rings. The van der Waals surface area contributed by atoms with Crippen LogP contribution in [0.3, 0.4) is 0 Å². The zero-order valence-corrected chi connectivity index (χ0v) is 13.9. The summed E-state index contributed by atoms with van der Waals surface area (Å²) in [6.07, 6.45) is 7.89. The summed E-state index contributed by atoms with van der Waals surface area (Å²) in [5.41, 5.74) is 3.60. The smallest absolute Gasteiger partial charge is 0.220 e. The van der Waals surface area contributed by atoms with Gasteiger partial charge in [0.25, 0.3) is 0 Å². The summed E-state index contributed by atoms with van der Waals surface area (Å²) in [7, 11) is 0. The minimum Gasteiger partial charge on any atom is -0.469 e. The Morgan fingerprint density at radius 2 is 2.29 bits per heavy atom. The van der Waals surface area contributed by atoms with Gasteiger partial charge in [0, 0.05) is 44.0 Å². The SMILES string of the molecule is O=C(CCc1n[nH]c2c1CCCC2)NCC(CO)Cc1ccco1. The van der Waals surface area contributed by atoms with E-state index < -0.39 is 0 Å². The molecular weight excluding hydrogens is 306 g/mol. The van der Waals surface area contributed by atoms with Crippen LogP contribution in [0.25, 0.3) is 0 Å². The first kappa shape index (κ1) is 16.8. The lowest BCUT2D eigenvalue weighted by atomic mass is 9.94. The van der Waals surface area contributed by atoms with E-state index >= 15 is 0 Å². The number of aryl methyl sites for hydroxylation is 2. The first-order valence-electron chi connectivity index (χ1n) is 8.71. The quantitative estimate of drug-likeness (QED) is 0.688. The number of hydrogen-bond acceptors (Lipinski definition) is 4. The van der Waals surface area contributed by atoms with Gasteiger partial charge in [-0.15, -0.1) is 0 Å². The lowest BCUT2D eigenvalue weighted by Crippen LogP contribution is -2.32. The molecule has 2 aromatic rings. The maximum atomic E-state index is 12.1. The molecule has 0 radical (unpaired) electrons. The van der Waals surface area contributed by atoms with Crippen LogP contribution in [0.1, 0.15) is 42.0 Å². The molecule has 0 saturated carbocycles. The van der Waals surface area contributed by atoms with Crippen molar-refractivity contribution in [3.05, 3.63) is 41.1 Å². The maximum Gasteiger partial charge on any atom is 0.220 e. The van der Waals surface area contributed by atoms with Crippen molar-refractivity contribution in [2.45, 2.75) is 44.9 Å². The molecule has 130 valence electrons. The van der Waals surface area contributed by atoms with Gasteiger partial charge in [-0.2, -0.15) is 5.10 Å². The summed E-state index contributed by atoms with van der Waals surface area (Å²) in [6.45, 7) is 0.475. The van der Waals surface area contributed by atoms with E-state index in [1.54, 1.807) is 6.26 Å². The van der Waals surface area contributed by atoms with Gasteiger partial charge in [0.1, 0.15) is 5.76 Å². The fraction of sp³-hybridized carbons (Fsp3) is 0.556. The van der Waals surface area contributed by atoms with Crippen molar-refractivity contribution in [1.82, 2.24) is 15.5 Å². The molecule has 2 aromatic heterocycles. The molecule has 0 bridgehead atoms. The lowest BCUT2D eigenvalue weighted by Gasteiger charge is -2.14. The van der Waals surface area contributed by atoms with E-state index in [0.29, 0.717) is 25.8 Å². The highest BCUT2D eigenvalue weighted by Gasteiger charge is 2.18. The summed E-state index contributed by atoms with van der Waals surface area (Å²) < 4.78 is 5.29. The monoisotopic (exact) mass is 331 g/mol. The Kier molecular flexibility index (Phi) is 5.69. The molecule has 3 rings (SSSR count). The molecule has 6 heteroatoms. The number of hydrogen-bond donors (Lipinski definition) is 3. The van der Waals surface area contributed by atoms with Crippen molar-refractivity contribution in [3.63, 3.8) is 0 Å². The van der Waals surface area contributed by atoms with Crippen LogP contribution in [-0.2, 0) is 30.5 Å². The Hall–Kier alpha value is -2.08. The molecule has 0 aliphatic heterocycles. The van der Waals surface area contributed by atoms with Gasteiger partial charge in [-0.05, 0) is 43.4 Å². The second kappa shape index (κ2) is 8.15. The number of amides is 1. The number of nitrogens with one attached hydrogen (secondary N) is 2. The van der Waals surface area contributed by atoms with E-state index in [1.807, 2.05) is 12.1 Å². The number of nitrogens with zero attached hydrogens (tertiary/aromatic N) is 1. The van der Waals surface area contributed by atoms with Gasteiger partial charge in [0.2, 0.25) is 5.91 Å². The molecular formula is C18H25N3O3. The average Bonchev–Trinajstić information content (AvgIpc) is 3.26. The molecule has 2 heterocycles. The highest BCUT2D eigenvalue weighted by molar-refractivity contribution is 5.76. The van der Waals surface area contributed by atoms with Crippen molar-refractivity contribution >= 4 is 5.91 Å². The maximum absolute atomic E-state index is 12.1. The Morgan fingerprint density at radius 3 is 3.08 bits per heavy atom. The minimum absolute atomic E-state index is 0.000421. The van der Waals surface area contributed by atoms with Gasteiger partial charge in [-0.1, -0.05) is 0 Å². The standard InChI is InChI=1S/C18H25N3O3/c22-12-13(10-14-4-3-9-24-14)11-19-18(23)8-7-17-15-5-1-2-6-16(15)20-21-17/h3-4,9,13,22H,1-2,5-8,10-12H2,(H,19,23)(H,20,21). The van der Waals surface area contributed by atoms with Crippen LogP contribution in [0.2, 0.25) is 0 Å². The number of aliphatic hydroxyl groups excluding tert-OH is 1. The Bertz CT molecular complexity index is 649. The molecule has 0 spiro atoms. The van der Waals surface area contributed by atoms with Gasteiger partial charge in [0.15, 0.2) is 0 Å². The van der Waals surface area contributed by atoms with Crippen molar-refractivity contribution in [2.75, 3.05) is 13.2 Å². The Morgan fingerprint density at radius 1 is 1.42 bits per heavy atom. The third kappa shape index (κ3) is 4.26.